The van der Waals surface area contributed by atoms with Gasteiger partial charge in [0.05, 0.1) is 13.2 Å². The van der Waals surface area contributed by atoms with Gasteiger partial charge < -0.3 is 10.1 Å². The first kappa shape index (κ1) is 19.4. The summed E-state index contributed by atoms with van der Waals surface area (Å²) in [6.45, 7) is 6.99. The number of rotatable bonds is 6. The molecule has 0 amide bonds. The van der Waals surface area contributed by atoms with Gasteiger partial charge in [-0.2, -0.15) is 0 Å². The van der Waals surface area contributed by atoms with Crippen LogP contribution in [0.15, 0.2) is 36.4 Å². The molecule has 0 bridgehead atoms. The van der Waals surface area contributed by atoms with E-state index in [2.05, 4.69) is 46.6 Å². The van der Waals surface area contributed by atoms with Crippen LogP contribution in [0, 0.1) is 0 Å². The molecule has 1 heterocycles. The molecule has 1 aromatic carbocycles. The summed E-state index contributed by atoms with van der Waals surface area (Å²) in [5, 5.41) is 3.43. The molecule has 0 aromatic heterocycles. The van der Waals surface area contributed by atoms with Gasteiger partial charge in [0.1, 0.15) is 0 Å². The van der Waals surface area contributed by atoms with Gasteiger partial charge in [-0.15, -0.1) is 24.8 Å². The van der Waals surface area contributed by atoms with Gasteiger partial charge in [0, 0.05) is 32.7 Å². The van der Waals surface area contributed by atoms with Gasteiger partial charge in [-0.05, 0) is 5.56 Å². The lowest BCUT2D eigenvalue weighted by molar-refractivity contribution is 0.0385. The van der Waals surface area contributed by atoms with Gasteiger partial charge in [0.2, 0.25) is 0 Å². The van der Waals surface area contributed by atoms with Crippen LogP contribution in [-0.4, -0.2) is 50.8 Å². The molecular weight excluding hydrogens is 295 g/mol. The van der Waals surface area contributed by atoms with Crippen LogP contribution in [0.4, 0.5) is 0 Å². The quantitative estimate of drug-likeness (QED) is 0.815. The summed E-state index contributed by atoms with van der Waals surface area (Å²) in [5.74, 6) is 0. The first-order valence-electron chi connectivity index (χ1n) is 6.67. The molecule has 3 nitrogen and oxygen atoms in total. The predicted octanol–water partition coefficient (Wildman–Crippen LogP) is 2.47. The Morgan fingerprint density at radius 1 is 1.10 bits per heavy atom. The molecule has 1 aliphatic heterocycles. The lowest BCUT2D eigenvalue weighted by Crippen LogP contribution is -2.40. The van der Waals surface area contributed by atoms with Crippen LogP contribution >= 0.6 is 24.8 Å². The maximum atomic E-state index is 5.32. The topological polar surface area (TPSA) is 24.5 Å². The zero-order valence-corrected chi connectivity index (χ0v) is 13.3. The lowest BCUT2D eigenvalue weighted by atomic mass is 10.2. The number of nitrogens with zero attached hydrogens (tertiary/aromatic N) is 1. The van der Waals surface area contributed by atoms with E-state index >= 15 is 0 Å². The third-order valence-electron chi connectivity index (χ3n) is 3.08. The Labute approximate surface area is 134 Å². The number of nitrogens with one attached hydrogen (secondary N) is 1. The van der Waals surface area contributed by atoms with Crippen molar-refractivity contribution in [2.24, 2.45) is 0 Å². The second-order valence-corrected chi connectivity index (χ2v) is 4.47. The van der Waals surface area contributed by atoms with Gasteiger partial charge >= 0.3 is 0 Å². The van der Waals surface area contributed by atoms with Crippen LogP contribution in [0.1, 0.15) is 5.56 Å². The monoisotopic (exact) mass is 318 g/mol. The van der Waals surface area contributed by atoms with E-state index in [-0.39, 0.29) is 24.8 Å². The second-order valence-electron chi connectivity index (χ2n) is 4.47. The highest BCUT2D eigenvalue weighted by molar-refractivity contribution is 5.85. The molecule has 1 aliphatic rings. The number of benzene rings is 1. The SMILES string of the molecule is C(=C\c1ccccc1)/CNCCN1CCOCC1.Cl.Cl. The van der Waals surface area contributed by atoms with E-state index in [0.717, 1.165) is 45.9 Å². The standard InChI is InChI=1S/C15H22N2O.2ClH/c1-2-5-15(6-3-1)7-4-8-16-9-10-17-11-13-18-14-12-17;;/h1-7,16H,8-14H2;2*1H/b7-4+;;. The van der Waals surface area contributed by atoms with Crippen molar-refractivity contribution in [2.45, 2.75) is 0 Å². The predicted molar refractivity (Wildman–Crippen MR) is 90.1 cm³/mol. The Kier molecular flexibility index (Phi) is 11.8. The van der Waals surface area contributed by atoms with Crippen molar-refractivity contribution < 1.29 is 4.74 Å². The highest BCUT2D eigenvalue weighted by Crippen LogP contribution is 2.00. The van der Waals surface area contributed by atoms with Crippen LogP contribution in [0.2, 0.25) is 0 Å². The molecular formula is C15H24Cl2N2O. The summed E-state index contributed by atoms with van der Waals surface area (Å²) >= 11 is 0. The first-order valence-corrected chi connectivity index (χ1v) is 6.67. The Balaban J connectivity index is 0.00000180. The number of ether oxygens (including phenoxy) is 1. The van der Waals surface area contributed by atoms with Crippen LogP contribution in [0.25, 0.3) is 6.08 Å². The minimum Gasteiger partial charge on any atom is -0.379 e. The van der Waals surface area contributed by atoms with E-state index in [1.807, 2.05) is 6.07 Å². The summed E-state index contributed by atoms with van der Waals surface area (Å²) in [6, 6.07) is 10.4. The van der Waals surface area contributed by atoms with Gasteiger partial charge in [-0.25, -0.2) is 0 Å². The molecule has 1 N–H and O–H groups in total. The molecule has 0 unspecified atom stereocenters. The van der Waals surface area contributed by atoms with Crippen molar-refractivity contribution in [2.75, 3.05) is 45.9 Å². The van der Waals surface area contributed by atoms with Crippen molar-refractivity contribution in [3.8, 4) is 0 Å². The maximum Gasteiger partial charge on any atom is 0.0594 e. The summed E-state index contributed by atoms with van der Waals surface area (Å²) in [6.07, 6.45) is 4.33. The third-order valence-corrected chi connectivity index (χ3v) is 3.08. The summed E-state index contributed by atoms with van der Waals surface area (Å²) in [5.41, 5.74) is 1.26. The summed E-state index contributed by atoms with van der Waals surface area (Å²) < 4.78 is 5.32. The molecule has 2 rings (SSSR count). The lowest BCUT2D eigenvalue weighted by Gasteiger charge is -2.26. The van der Waals surface area contributed by atoms with E-state index < -0.39 is 0 Å². The fourth-order valence-corrected chi connectivity index (χ4v) is 2.01. The normalized spacial score (nSPS) is 15.6. The molecule has 0 radical (unpaired) electrons. The fourth-order valence-electron chi connectivity index (χ4n) is 2.01. The summed E-state index contributed by atoms with van der Waals surface area (Å²) in [7, 11) is 0. The molecule has 1 aromatic rings. The van der Waals surface area contributed by atoms with Crippen molar-refractivity contribution >= 4 is 30.9 Å². The average molecular weight is 319 g/mol. The van der Waals surface area contributed by atoms with Crippen LogP contribution < -0.4 is 5.32 Å². The Morgan fingerprint density at radius 3 is 2.50 bits per heavy atom. The highest BCUT2D eigenvalue weighted by atomic mass is 35.5. The van der Waals surface area contributed by atoms with Gasteiger partial charge in [0.15, 0.2) is 0 Å². The minimum atomic E-state index is 0. The number of hydrogen-bond acceptors (Lipinski definition) is 3. The number of hydrogen-bond donors (Lipinski definition) is 1. The van der Waals surface area contributed by atoms with Crippen molar-refractivity contribution in [1.29, 1.82) is 0 Å². The second kappa shape index (κ2) is 12.2. The van der Waals surface area contributed by atoms with E-state index in [1.165, 1.54) is 5.56 Å². The van der Waals surface area contributed by atoms with Gasteiger partial charge in [-0.1, -0.05) is 42.5 Å². The molecule has 0 atom stereocenters. The molecule has 20 heavy (non-hydrogen) atoms. The first-order chi connectivity index (χ1) is 8.95. The smallest absolute Gasteiger partial charge is 0.0594 e. The van der Waals surface area contributed by atoms with E-state index in [9.17, 15) is 0 Å². The molecule has 5 heteroatoms. The maximum absolute atomic E-state index is 5.32. The van der Waals surface area contributed by atoms with Crippen molar-refractivity contribution in [3.05, 3.63) is 42.0 Å². The molecule has 0 aliphatic carbocycles. The Hall–Kier alpha value is -0.580. The van der Waals surface area contributed by atoms with Crippen LogP contribution in [0.5, 0.6) is 0 Å². The number of halogens is 2. The van der Waals surface area contributed by atoms with Gasteiger partial charge in [0.25, 0.3) is 0 Å². The zero-order valence-electron chi connectivity index (χ0n) is 11.7. The fraction of sp³-hybridized carbons (Fsp3) is 0.467. The van der Waals surface area contributed by atoms with Crippen molar-refractivity contribution in [1.82, 2.24) is 10.2 Å². The van der Waals surface area contributed by atoms with Gasteiger partial charge in [-0.3, -0.25) is 4.90 Å². The molecule has 114 valence electrons. The molecule has 1 fully saturated rings. The summed E-state index contributed by atoms with van der Waals surface area (Å²) in [4.78, 5) is 2.44. The minimum absolute atomic E-state index is 0. The van der Waals surface area contributed by atoms with Crippen LogP contribution in [-0.2, 0) is 4.74 Å². The Morgan fingerprint density at radius 2 is 1.80 bits per heavy atom. The van der Waals surface area contributed by atoms with Crippen LogP contribution in [0.3, 0.4) is 0 Å². The molecule has 1 saturated heterocycles. The molecule has 0 saturated carbocycles. The highest BCUT2D eigenvalue weighted by Gasteiger charge is 2.08. The average Bonchev–Trinajstić information content (AvgIpc) is 2.45. The van der Waals surface area contributed by atoms with E-state index in [0.29, 0.717) is 0 Å². The zero-order chi connectivity index (χ0) is 12.5. The third kappa shape index (κ3) is 7.88. The number of morpholine rings is 1. The Bertz CT molecular complexity index is 354. The van der Waals surface area contributed by atoms with Crippen molar-refractivity contribution in [3.63, 3.8) is 0 Å². The van der Waals surface area contributed by atoms with E-state index in [4.69, 9.17) is 4.74 Å². The van der Waals surface area contributed by atoms with E-state index in [1.54, 1.807) is 0 Å². The molecule has 0 spiro atoms. The largest absolute Gasteiger partial charge is 0.379 e.